The van der Waals surface area contributed by atoms with Gasteiger partial charge in [-0.25, -0.2) is 9.97 Å². The highest BCUT2D eigenvalue weighted by Crippen LogP contribution is 2.39. The lowest BCUT2D eigenvalue weighted by Crippen LogP contribution is -2.26. The van der Waals surface area contributed by atoms with Crippen LogP contribution < -0.4 is 10.6 Å². The average Bonchev–Trinajstić information content (AvgIpc) is 2.70. The molecule has 0 aliphatic carbocycles. The van der Waals surface area contributed by atoms with Crippen LogP contribution in [0.3, 0.4) is 0 Å². The molecule has 3 rings (SSSR count). The molecule has 0 amide bonds. The molecule has 0 radical (unpaired) electrons. The topological polar surface area (TPSA) is 55.0 Å². The molecule has 2 N–H and O–H groups in total. The standard InChI is InChI=1S/C15H18N4/c1-9-8-12-6-4-5-7-13(12)19(9)15-10(2)14(16)17-11(3)18-15/h4-7,9H,8H2,1-3H3,(H2,16,17,18). The smallest absolute Gasteiger partial charge is 0.142 e. The first-order chi connectivity index (χ1) is 9.08. The number of nitrogen functional groups attached to an aromatic ring is 1. The van der Waals surface area contributed by atoms with Crippen molar-refractivity contribution in [3.8, 4) is 0 Å². The van der Waals surface area contributed by atoms with Gasteiger partial charge < -0.3 is 10.6 Å². The lowest BCUT2D eigenvalue weighted by Gasteiger charge is -2.26. The van der Waals surface area contributed by atoms with Crippen LogP contribution in [0.2, 0.25) is 0 Å². The second-order valence-electron chi connectivity index (χ2n) is 5.16. The summed E-state index contributed by atoms with van der Waals surface area (Å²) >= 11 is 0. The third kappa shape index (κ3) is 1.84. The molecule has 19 heavy (non-hydrogen) atoms. The first-order valence-corrected chi connectivity index (χ1v) is 6.56. The van der Waals surface area contributed by atoms with Crippen LogP contribution in [0, 0.1) is 13.8 Å². The van der Waals surface area contributed by atoms with Crippen molar-refractivity contribution >= 4 is 17.3 Å². The molecule has 2 aromatic rings. The molecule has 1 aliphatic rings. The Bertz CT molecular complexity index is 636. The largest absolute Gasteiger partial charge is 0.383 e. The number of nitrogens with zero attached hydrogens (tertiary/aromatic N) is 3. The Labute approximate surface area is 113 Å². The summed E-state index contributed by atoms with van der Waals surface area (Å²) in [5, 5.41) is 0. The van der Waals surface area contributed by atoms with Gasteiger partial charge in [0.2, 0.25) is 0 Å². The van der Waals surface area contributed by atoms with Crippen molar-refractivity contribution < 1.29 is 0 Å². The van der Waals surface area contributed by atoms with Gasteiger partial charge in [-0.2, -0.15) is 0 Å². The number of nitrogens with two attached hydrogens (primary N) is 1. The molecule has 1 aromatic carbocycles. The summed E-state index contributed by atoms with van der Waals surface area (Å²) in [6.45, 7) is 6.08. The molecule has 4 heteroatoms. The van der Waals surface area contributed by atoms with Crippen molar-refractivity contribution in [1.29, 1.82) is 0 Å². The number of aromatic nitrogens is 2. The normalized spacial score (nSPS) is 17.6. The molecule has 1 aromatic heterocycles. The fourth-order valence-corrected chi connectivity index (χ4v) is 2.76. The maximum absolute atomic E-state index is 5.98. The minimum Gasteiger partial charge on any atom is -0.383 e. The van der Waals surface area contributed by atoms with Gasteiger partial charge >= 0.3 is 0 Å². The van der Waals surface area contributed by atoms with E-state index in [4.69, 9.17) is 5.73 Å². The molecule has 0 spiro atoms. The number of rotatable bonds is 1. The number of para-hydroxylation sites is 1. The molecule has 4 nitrogen and oxygen atoms in total. The zero-order valence-electron chi connectivity index (χ0n) is 11.5. The lowest BCUT2D eigenvalue weighted by atomic mass is 10.1. The van der Waals surface area contributed by atoms with Gasteiger partial charge in [-0.15, -0.1) is 0 Å². The van der Waals surface area contributed by atoms with Gasteiger partial charge in [0.05, 0.1) is 0 Å². The Morgan fingerprint density at radius 3 is 2.74 bits per heavy atom. The number of benzene rings is 1. The van der Waals surface area contributed by atoms with E-state index in [9.17, 15) is 0 Å². The quantitative estimate of drug-likeness (QED) is 0.850. The molecule has 0 saturated carbocycles. The van der Waals surface area contributed by atoms with Gasteiger partial charge in [0.1, 0.15) is 17.5 Å². The fourth-order valence-electron chi connectivity index (χ4n) is 2.76. The molecule has 0 saturated heterocycles. The van der Waals surface area contributed by atoms with Crippen LogP contribution in [0.4, 0.5) is 17.3 Å². The number of aryl methyl sites for hydroxylation is 1. The lowest BCUT2D eigenvalue weighted by molar-refractivity contribution is 0.744. The van der Waals surface area contributed by atoms with Crippen molar-refractivity contribution in [2.75, 3.05) is 10.6 Å². The zero-order chi connectivity index (χ0) is 13.6. The Morgan fingerprint density at radius 1 is 1.21 bits per heavy atom. The Kier molecular flexibility index (Phi) is 2.66. The Hall–Kier alpha value is -2.10. The summed E-state index contributed by atoms with van der Waals surface area (Å²) in [4.78, 5) is 11.1. The Balaban J connectivity index is 2.18. The molecule has 1 atom stereocenters. The van der Waals surface area contributed by atoms with Crippen LogP contribution in [-0.4, -0.2) is 16.0 Å². The first-order valence-electron chi connectivity index (χ1n) is 6.56. The van der Waals surface area contributed by atoms with Gasteiger partial charge in [0.25, 0.3) is 0 Å². The predicted octanol–water partition coefficient (Wildman–Crippen LogP) is 2.76. The highest BCUT2D eigenvalue weighted by molar-refractivity contribution is 5.72. The third-order valence-electron chi connectivity index (χ3n) is 3.71. The third-order valence-corrected chi connectivity index (χ3v) is 3.71. The average molecular weight is 254 g/mol. The van der Waals surface area contributed by atoms with E-state index < -0.39 is 0 Å². The van der Waals surface area contributed by atoms with Crippen molar-refractivity contribution in [3.63, 3.8) is 0 Å². The maximum Gasteiger partial charge on any atom is 0.142 e. The van der Waals surface area contributed by atoms with Crippen LogP contribution in [0.15, 0.2) is 24.3 Å². The van der Waals surface area contributed by atoms with Crippen molar-refractivity contribution in [3.05, 3.63) is 41.2 Å². The van der Waals surface area contributed by atoms with Crippen molar-refractivity contribution in [2.24, 2.45) is 0 Å². The van der Waals surface area contributed by atoms with Crippen LogP contribution in [-0.2, 0) is 6.42 Å². The highest BCUT2D eigenvalue weighted by atomic mass is 15.2. The number of anilines is 3. The summed E-state index contributed by atoms with van der Waals surface area (Å²) in [5.74, 6) is 2.22. The van der Waals surface area contributed by atoms with E-state index in [1.54, 1.807) is 0 Å². The molecular weight excluding hydrogens is 236 g/mol. The van der Waals surface area contributed by atoms with Crippen LogP contribution >= 0.6 is 0 Å². The van der Waals surface area contributed by atoms with Gasteiger partial charge in [0.15, 0.2) is 0 Å². The molecule has 1 aliphatic heterocycles. The summed E-state index contributed by atoms with van der Waals surface area (Å²) in [7, 11) is 0. The minimum atomic E-state index is 0.393. The van der Waals surface area contributed by atoms with E-state index >= 15 is 0 Å². The number of hydrogen-bond acceptors (Lipinski definition) is 4. The summed E-state index contributed by atoms with van der Waals surface area (Å²) in [5.41, 5.74) is 9.53. The van der Waals surface area contributed by atoms with Crippen molar-refractivity contribution in [2.45, 2.75) is 33.2 Å². The van der Waals surface area contributed by atoms with Gasteiger partial charge in [-0.3, -0.25) is 0 Å². The van der Waals surface area contributed by atoms with Crippen LogP contribution in [0.5, 0.6) is 0 Å². The van der Waals surface area contributed by atoms with E-state index in [1.807, 2.05) is 13.8 Å². The molecule has 2 heterocycles. The van der Waals surface area contributed by atoms with Gasteiger partial charge in [-0.05, 0) is 38.8 Å². The van der Waals surface area contributed by atoms with Crippen LogP contribution in [0.1, 0.15) is 23.9 Å². The highest BCUT2D eigenvalue weighted by Gasteiger charge is 2.29. The molecular formula is C15H18N4. The van der Waals surface area contributed by atoms with E-state index in [-0.39, 0.29) is 0 Å². The Morgan fingerprint density at radius 2 is 1.95 bits per heavy atom. The summed E-state index contributed by atoms with van der Waals surface area (Å²) < 4.78 is 0. The zero-order valence-corrected chi connectivity index (χ0v) is 11.5. The molecule has 98 valence electrons. The number of fused-ring (bicyclic) bond motifs is 1. The van der Waals surface area contributed by atoms with E-state index in [0.717, 1.165) is 23.6 Å². The van der Waals surface area contributed by atoms with Gasteiger partial charge in [-0.1, -0.05) is 18.2 Å². The fraction of sp³-hybridized carbons (Fsp3) is 0.333. The summed E-state index contributed by atoms with van der Waals surface area (Å²) in [6.07, 6.45) is 1.04. The van der Waals surface area contributed by atoms with E-state index in [0.29, 0.717) is 11.9 Å². The maximum atomic E-state index is 5.98. The SMILES string of the molecule is Cc1nc(N)c(C)c(N2c3ccccc3CC2C)n1. The van der Waals surface area contributed by atoms with E-state index in [2.05, 4.69) is 46.1 Å². The molecule has 1 unspecified atom stereocenters. The summed E-state index contributed by atoms with van der Waals surface area (Å²) in [6, 6.07) is 8.87. The molecule has 0 bridgehead atoms. The minimum absolute atomic E-state index is 0.393. The van der Waals surface area contributed by atoms with E-state index in [1.165, 1.54) is 11.3 Å². The van der Waals surface area contributed by atoms with Gasteiger partial charge in [0, 0.05) is 17.3 Å². The van der Waals surface area contributed by atoms with Crippen LogP contribution in [0.25, 0.3) is 0 Å². The van der Waals surface area contributed by atoms with Crippen molar-refractivity contribution in [1.82, 2.24) is 9.97 Å². The predicted molar refractivity (Wildman–Crippen MR) is 77.7 cm³/mol. The second kappa shape index (κ2) is 4.23. The monoisotopic (exact) mass is 254 g/mol. The first kappa shape index (κ1) is 12.0. The second-order valence-corrected chi connectivity index (χ2v) is 5.16. The number of hydrogen-bond donors (Lipinski definition) is 1. The molecule has 0 fully saturated rings.